The second-order valence-electron chi connectivity index (χ2n) is 41.2. The Balaban J connectivity index is 0.000000157. The fourth-order valence-electron chi connectivity index (χ4n) is 19.0. The fraction of sp³-hybridized carbons (Fsp3) is 0.361. The van der Waals surface area contributed by atoms with E-state index < -0.39 is 0 Å². The lowest BCUT2D eigenvalue weighted by molar-refractivity contribution is -0.692. The summed E-state index contributed by atoms with van der Waals surface area (Å²) in [5.41, 5.74) is 28.9. The van der Waals surface area contributed by atoms with Crippen LogP contribution >= 0.6 is 64.8 Å². The number of anilines is 6. The van der Waals surface area contributed by atoms with E-state index in [1.807, 2.05) is 93.0 Å². The van der Waals surface area contributed by atoms with E-state index in [0.717, 1.165) is 168 Å². The first-order valence-corrected chi connectivity index (χ1v) is 58.4. The Hall–Kier alpha value is -11.2. The molecule has 12 aromatic rings. The van der Waals surface area contributed by atoms with E-state index in [4.69, 9.17) is 18.9 Å². The van der Waals surface area contributed by atoms with E-state index in [9.17, 15) is 0 Å². The second kappa shape index (κ2) is 49.8. The number of nitrogens with zero attached hydrogens (tertiary/aromatic N) is 12. The molecule has 0 N–H and O–H groups in total. The van der Waals surface area contributed by atoms with E-state index in [0.29, 0.717) is 0 Å². The molecule has 144 heavy (non-hydrogen) atoms. The highest BCUT2D eigenvalue weighted by Gasteiger charge is 2.42. The molecule has 12 heterocycles. The van der Waals surface area contributed by atoms with Crippen molar-refractivity contribution in [3.8, 4) is 23.0 Å². The number of hydrogen-bond acceptors (Lipinski definition) is 16. The largest absolute Gasteiger partial charge is 0.496 e. The minimum Gasteiger partial charge on any atom is -0.496 e. The van der Waals surface area contributed by atoms with Gasteiger partial charge in [0.2, 0.25) is 0 Å². The molecule has 18 rings (SSSR count). The standard InChI is InChI=1S/C50H64N4S2.C36H40N4O2S2.C36H44N4O2S2/c1-47(2)17-25-53-26-18-48(3,4)42-34-39(33-41(47)45(42)53)11-9-37-13-21-51(22-14-37)29-31-55-56-32-30-52-23-15-38(16-24-52)10-12-40-35-43-46-44(36-40)50(7,8)20-28-54(46)27-19-49(43,5)6;1-37-19-23-41-35-27-31(7-9-33(35)37)5-3-29-11-15-39(16-12-29)21-25-43-44-26-22-40-17-13-30(14-18-40)4-6-32-8-10-34-36(28-32)42-24-20-38(34)2;1-37(2)33-13-11-31(35(27-33)41-5)9-7-29-15-19-39(20-16-29)23-25-43-44-26-24-40-21-17-30(18-22-40)8-10-32-12-14-34(38(3)4)28-36(32)42-6/h9-16,21-24,33-36H,17-20,25-32H2,1-8H3;3-18,27-28H,19-26H2,1-2H3;7-22,27-28H,23-26H2,1-6H3/q3*+2. The Labute approximate surface area is 882 Å². The number of rotatable bonds is 37. The third kappa shape index (κ3) is 28.5. The molecule has 0 spiro atoms. The van der Waals surface area contributed by atoms with E-state index in [-0.39, 0.29) is 21.7 Å². The quantitative estimate of drug-likeness (QED) is 0.0210. The molecule has 22 heteroatoms. The van der Waals surface area contributed by atoms with Crippen molar-refractivity contribution in [1.82, 2.24) is 0 Å². The Morgan fingerprint density at radius 1 is 0.292 bits per heavy atom. The van der Waals surface area contributed by atoms with Crippen molar-refractivity contribution in [3.63, 3.8) is 0 Å². The predicted molar refractivity (Wildman–Crippen MR) is 621 cm³/mol. The van der Waals surface area contributed by atoms with Crippen LogP contribution in [0.1, 0.15) is 170 Å². The summed E-state index contributed by atoms with van der Waals surface area (Å²) in [6, 6.07) is 61.5. The van der Waals surface area contributed by atoms with Gasteiger partial charge in [0.05, 0.1) is 73.2 Å². The van der Waals surface area contributed by atoms with Gasteiger partial charge in [0, 0.05) is 187 Å². The molecule has 0 radical (unpaired) electrons. The van der Waals surface area contributed by atoms with Gasteiger partial charge < -0.3 is 48.3 Å². The van der Waals surface area contributed by atoms with Gasteiger partial charge >= 0.3 is 0 Å². The van der Waals surface area contributed by atoms with Gasteiger partial charge in [-0.15, -0.1) is 0 Å². The third-order valence-electron chi connectivity index (χ3n) is 28.6. The maximum absolute atomic E-state index is 5.84. The average molecular weight is 2040 g/mol. The molecule has 0 saturated heterocycles. The van der Waals surface area contributed by atoms with Crippen LogP contribution in [0.4, 0.5) is 34.1 Å². The second-order valence-corrected chi connectivity index (χ2v) is 49.3. The van der Waals surface area contributed by atoms with E-state index in [1.54, 1.807) is 14.2 Å². The number of fused-ring (bicyclic) bond motifs is 2. The molecular weight excluding hydrogens is 1890 g/mol. The highest BCUT2D eigenvalue weighted by molar-refractivity contribution is 8.77. The summed E-state index contributed by atoms with van der Waals surface area (Å²) >= 11 is 0. The smallest absolute Gasteiger partial charge is 0.169 e. The zero-order chi connectivity index (χ0) is 101. The predicted octanol–water partition coefficient (Wildman–Crippen LogP) is 24.2. The highest BCUT2D eigenvalue weighted by Crippen LogP contribution is 2.52. The number of methoxy groups -OCH3 is 2. The lowest BCUT2D eigenvalue weighted by Crippen LogP contribution is -2.44. The van der Waals surface area contributed by atoms with E-state index >= 15 is 0 Å². The van der Waals surface area contributed by atoms with Crippen LogP contribution in [0.2, 0.25) is 0 Å². The Morgan fingerprint density at radius 3 is 0.785 bits per heavy atom. The highest BCUT2D eigenvalue weighted by atomic mass is 33.1. The number of hydrogen-bond donors (Lipinski definition) is 0. The molecule has 0 unspecified atom stereocenters. The number of aromatic nitrogens is 6. The summed E-state index contributed by atoms with van der Waals surface area (Å²) in [7, 11) is 27.5. The van der Waals surface area contributed by atoms with Crippen LogP contribution < -0.4 is 75.7 Å². The zero-order valence-corrected chi connectivity index (χ0v) is 92.3. The normalized spacial score (nSPS) is 15.6. The molecule has 0 bridgehead atoms. The average Bonchev–Trinajstić information content (AvgIpc) is 0.732. The molecule has 6 aliphatic heterocycles. The maximum Gasteiger partial charge on any atom is 0.169 e. The van der Waals surface area contributed by atoms with Crippen LogP contribution in [0.3, 0.4) is 0 Å². The SMILES string of the molecule is CC1(C)CCN2CCC(C)(C)c3cc(/C=C/c4cc[n+](CCSSCC[n+]5ccc(/C=C/c6cc7c8c(c6)C(C)(C)CCN8CCC7(C)C)cc5)cc4)cc1c32.CN1CCOc2cc(/C=C/c3cc[n+](CCSSCC[n+]4ccc(/C=C/c5ccc6c(c5)OCCN6C)cc4)cc3)ccc21.COc1cc(N(C)C)ccc1/C=C/c1cc[n+](CCSSCC[n+]2ccc(/C=C/c3ccc(N(C)C)cc3OC)cc2)cc1. The summed E-state index contributed by atoms with van der Waals surface area (Å²) in [6.45, 7) is 33.5. The molecule has 6 aromatic carbocycles. The van der Waals surface area contributed by atoms with E-state index in [1.165, 1.54) is 130 Å². The Morgan fingerprint density at radius 2 is 0.535 bits per heavy atom. The Kier molecular flexibility index (Phi) is 36.5. The van der Waals surface area contributed by atoms with Crippen LogP contribution in [-0.4, -0.2) is 144 Å². The fourth-order valence-corrected chi connectivity index (χ4v) is 24.9. The molecular formula is C122H148N12O4S6+6. The number of likely N-dealkylation sites (N-methyl/N-ethyl adjacent to an activating group) is 2. The van der Waals surface area contributed by atoms with Gasteiger partial charge in [0.25, 0.3) is 0 Å². The van der Waals surface area contributed by atoms with Crippen LogP contribution in [0.25, 0.3) is 72.9 Å². The van der Waals surface area contributed by atoms with Gasteiger partial charge in [-0.2, -0.15) is 0 Å². The summed E-state index contributed by atoms with van der Waals surface area (Å²) in [5.74, 6) is 10.1. The molecule has 750 valence electrons. The maximum atomic E-state index is 5.84. The van der Waals surface area contributed by atoms with Crippen molar-refractivity contribution < 1.29 is 46.4 Å². The van der Waals surface area contributed by atoms with Gasteiger partial charge in [-0.1, -0.05) is 205 Å². The zero-order valence-electron chi connectivity index (χ0n) is 87.4. The molecule has 0 amide bonds. The van der Waals surface area contributed by atoms with Crippen LogP contribution in [0.15, 0.2) is 244 Å². The molecule has 16 nitrogen and oxygen atoms in total. The molecule has 0 aliphatic carbocycles. The van der Waals surface area contributed by atoms with E-state index in [2.05, 4.69) is 443 Å². The van der Waals surface area contributed by atoms with Gasteiger partial charge in [-0.3, -0.25) is 0 Å². The lowest BCUT2D eigenvalue weighted by atomic mass is 9.69. The molecule has 0 atom stereocenters. The van der Waals surface area contributed by atoms with Crippen LogP contribution in [0.5, 0.6) is 23.0 Å². The van der Waals surface area contributed by atoms with Crippen molar-refractivity contribution in [2.24, 2.45) is 0 Å². The number of aryl methyl sites for hydroxylation is 6. The minimum absolute atomic E-state index is 0.215. The van der Waals surface area contributed by atoms with Crippen molar-refractivity contribution >= 4 is 172 Å². The van der Waals surface area contributed by atoms with Gasteiger partial charge in [0.1, 0.15) is 36.2 Å². The molecule has 6 aliphatic rings. The monoisotopic (exact) mass is 2040 g/mol. The van der Waals surface area contributed by atoms with Crippen molar-refractivity contribution in [2.45, 2.75) is 142 Å². The first-order valence-electron chi connectivity index (χ1n) is 51.0. The number of benzene rings is 6. The topological polar surface area (TPSA) is 79.6 Å². The van der Waals surface area contributed by atoms with Crippen molar-refractivity contribution in [3.05, 3.63) is 333 Å². The summed E-state index contributed by atoms with van der Waals surface area (Å²) in [6.07, 6.45) is 57.4. The van der Waals surface area contributed by atoms with Crippen LogP contribution in [0, 0.1) is 0 Å². The summed E-state index contributed by atoms with van der Waals surface area (Å²) < 4.78 is 36.5. The van der Waals surface area contributed by atoms with Crippen molar-refractivity contribution in [2.75, 3.05) is 173 Å². The van der Waals surface area contributed by atoms with Crippen LogP contribution in [-0.2, 0) is 60.9 Å². The first kappa shape index (κ1) is 106. The minimum atomic E-state index is 0.215. The summed E-state index contributed by atoms with van der Waals surface area (Å²) in [4.78, 5) is 13.9. The Bertz CT molecular complexity index is 6030. The summed E-state index contributed by atoms with van der Waals surface area (Å²) in [5, 5.41) is 0. The number of pyridine rings is 6. The van der Waals surface area contributed by atoms with Gasteiger partial charge in [-0.25, -0.2) is 27.4 Å². The molecule has 6 aromatic heterocycles. The number of ether oxygens (including phenoxy) is 4. The first-order chi connectivity index (χ1) is 69.6. The molecule has 0 fully saturated rings. The third-order valence-corrected chi connectivity index (χ3v) is 35.7. The van der Waals surface area contributed by atoms with Gasteiger partial charge in [-0.05, 0) is 198 Å². The van der Waals surface area contributed by atoms with Gasteiger partial charge in [0.15, 0.2) is 114 Å². The lowest BCUT2D eigenvalue weighted by Gasteiger charge is -2.48. The molecule has 0 saturated carbocycles. The van der Waals surface area contributed by atoms with Crippen molar-refractivity contribution in [1.29, 1.82) is 0 Å².